The van der Waals surface area contributed by atoms with E-state index >= 15 is 0 Å². The van der Waals surface area contributed by atoms with E-state index in [0.29, 0.717) is 17.4 Å². The van der Waals surface area contributed by atoms with E-state index in [1.165, 1.54) is 141 Å². The molecule has 0 heterocycles. The minimum atomic E-state index is -3.26. The van der Waals surface area contributed by atoms with Gasteiger partial charge >= 0.3 is 0 Å². The maximum absolute atomic E-state index is 13.2. The van der Waals surface area contributed by atoms with Gasteiger partial charge in [0, 0.05) is 11.5 Å². The van der Waals surface area contributed by atoms with Crippen LogP contribution in [0.2, 0.25) is 0 Å². The van der Waals surface area contributed by atoms with Gasteiger partial charge in [-0.3, -0.25) is 4.57 Å². The second-order valence-electron chi connectivity index (χ2n) is 11.7. The van der Waals surface area contributed by atoms with E-state index in [2.05, 4.69) is 13.8 Å². The van der Waals surface area contributed by atoms with Crippen molar-refractivity contribution >= 4 is 12.7 Å². The van der Waals surface area contributed by atoms with E-state index in [-0.39, 0.29) is 0 Å². The summed E-state index contributed by atoms with van der Waals surface area (Å²) in [4.78, 5) is 10.9. The second kappa shape index (κ2) is 24.5. The SMILES string of the molecule is CCCCCCCCCCCCCCCCC(CCCCCCCCCC)CP(=O)(O)c1ccccc1. The number of hydrogen-bond donors (Lipinski definition) is 1. The smallest absolute Gasteiger partial charge is 0.229 e. The highest BCUT2D eigenvalue weighted by Gasteiger charge is 2.25. The fourth-order valence-electron chi connectivity index (χ4n) is 5.64. The van der Waals surface area contributed by atoms with Crippen molar-refractivity contribution in [3.63, 3.8) is 0 Å². The molecule has 1 aromatic carbocycles. The van der Waals surface area contributed by atoms with Crippen molar-refractivity contribution < 1.29 is 9.46 Å². The summed E-state index contributed by atoms with van der Waals surface area (Å²) >= 11 is 0. The molecule has 0 bridgehead atoms. The number of hydrogen-bond acceptors (Lipinski definition) is 1. The van der Waals surface area contributed by atoms with Crippen molar-refractivity contribution in [2.75, 3.05) is 6.16 Å². The third-order valence-electron chi connectivity index (χ3n) is 8.10. The van der Waals surface area contributed by atoms with Crippen LogP contribution in [0.3, 0.4) is 0 Å². The van der Waals surface area contributed by atoms with Crippen LogP contribution in [0.4, 0.5) is 0 Å². The zero-order valence-electron chi connectivity index (χ0n) is 24.9. The molecule has 0 aliphatic carbocycles. The van der Waals surface area contributed by atoms with Crippen LogP contribution >= 0.6 is 7.37 Å². The van der Waals surface area contributed by atoms with E-state index in [1.807, 2.05) is 30.3 Å². The highest BCUT2D eigenvalue weighted by Crippen LogP contribution is 2.43. The minimum absolute atomic E-state index is 0.383. The highest BCUT2D eigenvalue weighted by molar-refractivity contribution is 7.66. The van der Waals surface area contributed by atoms with Crippen LogP contribution in [-0.2, 0) is 4.57 Å². The molecule has 0 aromatic heterocycles. The molecule has 2 unspecified atom stereocenters. The lowest BCUT2D eigenvalue weighted by molar-refractivity contribution is 0.412. The Morgan fingerprint density at radius 1 is 0.541 bits per heavy atom. The third kappa shape index (κ3) is 20.0. The van der Waals surface area contributed by atoms with Crippen LogP contribution in [0, 0.1) is 5.92 Å². The Morgan fingerprint density at radius 3 is 1.22 bits per heavy atom. The minimum Gasteiger partial charge on any atom is -0.341 e. The normalized spacial score (nSPS) is 14.0. The first kappa shape index (κ1) is 34.4. The van der Waals surface area contributed by atoms with Crippen LogP contribution in [0.5, 0.6) is 0 Å². The number of benzene rings is 1. The molecule has 0 aliphatic rings. The van der Waals surface area contributed by atoms with Crippen LogP contribution < -0.4 is 5.30 Å². The number of rotatable bonds is 27. The largest absolute Gasteiger partial charge is 0.341 e. The summed E-state index contributed by atoms with van der Waals surface area (Å²) in [6.07, 6.45) is 32.6. The van der Waals surface area contributed by atoms with E-state index in [1.54, 1.807) is 0 Å². The van der Waals surface area contributed by atoms with Crippen LogP contribution in [0.15, 0.2) is 30.3 Å². The van der Waals surface area contributed by atoms with Crippen LogP contribution in [-0.4, -0.2) is 11.1 Å². The molecule has 2 atom stereocenters. The van der Waals surface area contributed by atoms with Crippen molar-refractivity contribution in [2.24, 2.45) is 5.92 Å². The van der Waals surface area contributed by atoms with Gasteiger partial charge in [0.1, 0.15) is 0 Å². The van der Waals surface area contributed by atoms with Crippen molar-refractivity contribution in [2.45, 2.75) is 168 Å². The van der Waals surface area contributed by atoms with Gasteiger partial charge in [0.05, 0.1) is 0 Å². The first-order valence-corrected chi connectivity index (χ1v) is 18.3. The maximum Gasteiger partial charge on any atom is 0.229 e. The van der Waals surface area contributed by atoms with Gasteiger partial charge < -0.3 is 4.89 Å². The Kier molecular flexibility index (Phi) is 22.8. The van der Waals surface area contributed by atoms with Crippen molar-refractivity contribution in [1.29, 1.82) is 0 Å². The van der Waals surface area contributed by atoms with Crippen LogP contribution in [0.25, 0.3) is 0 Å². The molecule has 216 valence electrons. The molecule has 0 saturated carbocycles. The van der Waals surface area contributed by atoms with E-state index in [4.69, 9.17) is 0 Å². The summed E-state index contributed by atoms with van der Waals surface area (Å²) in [7, 11) is -3.26. The Bertz CT molecular complexity index is 644. The lowest BCUT2D eigenvalue weighted by Crippen LogP contribution is -2.14. The Balaban J connectivity index is 2.22. The van der Waals surface area contributed by atoms with Gasteiger partial charge in [-0.15, -0.1) is 0 Å². The highest BCUT2D eigenvalue weighted by atomic mass is 31.2. The van der Waals surface area contributed by atoms with Gasteiger partial charge in [0.15, 0.2) is 0 Å². The van der Waals surface area contributed by atoms with Gasteiger partial charge in [0.2, 0.25) is 7.37 Å². The lowest BCUT2D eigenvalue weighted by atomic mass is 9.95. The molecule has 1 aromatic rings. The fourth-order valence-corrected chi connectivity index (χ4v) is 7.55. The van der Waals surface area contributed by atoms with E-state index in [0.717, 1.165) is 12.8 Å². The summed E-state index contributed by atoms with van der Waals surface area (Å²) in [5, 5.41) is 0.636. The molecule has 0 spiro atoms. The Labute approximate surface area is 232 Å². The van der Waals surface area contributed by atoms with Crippen molar-refractivity contribution in [3.05, 3.63) is 30.3 Å². The second-order valence-corrected chi connectivity index (χ2v) is 14.0. The molecule has 2 nitrogen and oxygen atoms in total. The summed E-state index contributed by atoms with van der Waals surface area (Å²) < 4.78 is 13.2. The molecule has 1 N–H and O–H groups in total. The fraction of sp³-hybridized carbons (Fsp3) is 0.824. The lowest BCUT2D eigenvalue weighted by Gasteiger charge is -2.21. The Morgan fingerprint density at radius 2 is 0.865 bits per heavy atom. The topological polar surface area (TPSA) is 37.3 Å². The average molecular weight is 535 g/mol. The number of unbranched alkanes of at least 4 members (excludes halogenated alkanes) is 20. The van der Waals surface area contributed by atoms with Gasteiger partial charge in [-0.25, -0.2) is 0 Å². The van der Waals surface area contributed by atoms with Gasteiger partial charge in [0.25, 0.3) is 0 Å². The van der Waals surface area contributed by atoms with Gasteiger partial charge in [-0.05, 0) is 30.9 Å². The zero-order valence-corrected chi connectivity index (χ0v) is 25.8. The zero-order chi connectivity index (χ0) is 26.9. The van der Waals surface area contributed by atoms with Gasteiger partial charge in [-0.2, -0.15) is 0 Å². The molecule has 0 fully saturated rings. The van der Waals surface area contributed by atoms with E-state index in [9.17, 15) is 9.46 Å². The van der Waals surface area contributed by atoms with E-state index < -0.39 is 7.37 Å². The molecule has 37 heavy (non-hydrogen) atoms. The summed E-state index contributed by atoms with van der Waals surface area (Å²) in [6.45, 7) is 4.56. The maximum atomic E-state index is 13.2. The standard InChI is InChI=1S/C34H63O2P/c1-3-5-7-9-11-13-14-15-16-17-18-20-22-25-29-33(28-24-21-19-12-10-8-6-4-2)32-37(35,36)34-30-26-23-27-31-34/h23,26-27,30-31,33H,3-22,24-25,28-29,32H2,1-2H3,(H,35,36). The monoisotopic (exact) mass is 534 g/mol. The first-order valence-electron chi connectivity index (χ1n) is 16.5. The molecule has 0 aliphatic heterocycles. The average Bonchev–Trinajstić information content (AvgIpc) is 2.90. The molecular formula is C34H63O2P. The Hall–Kier alpha value is -0.590. The van der Waals surface area contributed by atoms with Crippen molar-refractivity contribution in [1.82, 2.24) is 0 Å². The molecule has 0 radical (unpaired) electrons. The predicted molar refractivity (Wildman–Crippen MR) is 166 cm³/mol. The van der Waals surface area contributed by atoms with Crippen molar-refractivity contribution in [3.8, 4) is 0 Å². The first-order chi connectivity index (χ1) is 18.1. The third-order valence-corrected chi connectivity index (χ3v) is 10.2. The van der Waals surface area contributed by atoms with Crippen LogP contribution in [0.1, 0.15) is 168 Å². The molecule has 0 saturated heterocycles. The molecule has 0 amide bonds. The molecular weight excluding hydrogens is 471 g/mol. The molecule has 1 rings (SSSR count). The summed E-state index contributed by atoms with van der Waals surface area (Å²) in [5.74, 6) is 0.383. The van der Waals surface area contributed by atoms with Gasteiger partial charge in [-0.1, -0.05) is 173 Å². The molecule has 3 heteroatoms. The summed E-state index contributed by atoms with van der Waals surface area (Å²) in [6, 6.07) is 9.37. The summed E-state index contributed by atoms with van der Waals surface area (Å²) in [5.41, 5.74) is 0. The quantitative estimate of drug-likeness (QED) is 0.0900. The predicted octanol–water partition coefficient (Wildman–Crippen LogP) is 11.6.